The van der Waals surface area contributed by atoms with Gasteiger partial charge < -0.3 is 4.57 Å². The van der Waals surface area contributed by atoms with Crippen LogP contribution in [0.25, 0.3) is 11.0 Å². The van der Waals surface area contributed by atoms with Crippen LogP contribution in [-0.4, -0.2) is 14.8 Å². The Morgan fingerprint density at radius 3 is 2.64 bits per heavy atom. The molecule has 0 amide bonds. The first-order valence-electron chi connectivity index (χ1n) is 4.89. The van der Waals surface area contributed by atoms with E-state index in [1.54, 1.807) is 0 Å². The molecule has 3 nitrogen and oxygen atoms in total. The molecule has 2 aromatic heterocycles. The van der Waals surface area contributed by atoms with Crippen LogP contribution in [-0.2, 0) is 7.05 Å². The molecule has 2 heterocycles. The first-order valence-corrected chi connectivity index (χ1v) is 4.89. The van der Waals surface area contributed by atoms with Crippen molar-refractivity contribution in [3.05, 3.63) is 23.5 Å². The smallest absolute Gasteiger partial charge is 0.114 e. The van der Waals surface area contributed by atoms with Crippen LogP contribution in [0, 0.1) is 6.92 Å². The zero-order valence-electron chi connectivity index (χ0n) is 9.07. The molecule has 0 aromatic carbocycles. The van der Waals surface area contributed by atoms with Gasteiger partial charge in [0.25, 0.3) is 0 Å². The molecule has 0 saturated carbocycles. The number of hydrogen-bond donors (Lipinski definition) is 0. The van der Waals surface area contributed by atoms with Crippen molar-refractivity contribution in [2.75, 3.05) is 0 Å². The average molecular weight is 189 g/mol. The monoisotopic (exact) mass is 189 g/mol. The van der Waals surface area contributed by atoms with Gasteiger partial charge in [-0.15, -0.1) is 5.10 Å². The molecule has 0 aliphatic carbocycles. The highest BCUT2D eigenvalue weighted by Crippen LogP contribution is 2.24. The summed E-state index contributed by atoms with van der Waals surface area (Å²) >= 11 is 0. The molecule has 0 N–H and O–H groups in total. The van der Waals surface area contributed by atoms with E-state index >= 15 is 0 Å². The minimum absolute atomic E-state index is 0.496. The van der Waals surface area contributed by atoms with E-state index in [2.05, 4.69) is 47.9 Å². The number of rotatable bonds is 1. The van der Waals surface area contributed by atoms with Crippen molar-refractivity contribution < 1.29 is 0 Å². The number of aromatic nitrogens is 3. The Kier molecular flexibility index (Phi) is 2.02. The van der Waals surface area contributed by atoms with Gasteiger partial charge in [-0.25, -0.2) is 0 Å². The summed E-state index contributed by atoms with van der Waals surface area (Å²) in [6, 6.07) is 2.08. The minimum atomic E-state index is 0.496. The van der Waals surface area contributed by atoms with Gasteiger partial charge in [-0.1, -0.05) is 13.8 Å². The summed E-state index contributed by atoms with van der Waals surface area (Å²) in [5, 5.41) is 8.35. The zero-order chi connectivity index (χ0) is 10.3. The van der Waals surface area contributed by atoms with Crippen molar-refractivity contribution >= 4 is 11.0 Å². The first-order chi connectivity index (χ1) is 6.59. The second-order valence-corrected chi connectivity index (χ2v) is 4.07. The van der Waals surface area contributed by atoms with Crippen LogP contribution < -0.4 is 0 Å². The molecule has 0 aliphatic rings. The Morgan fingerprint density at radius 2 is 2.00 bits per heavy atom. The molecule has 0 bridgehead atoms. The van der Waals surface area contributed by atoms with Gasteiger partial charge in [-0.3, -0.25) is 0 Å². The molecule has 0 atom stereocenters. The van der Waals surface area contributed by atoms with Crippen LogP contribution in [0.3, 0.4) is 0 Å². The lowest BCUT2D eigenvalue weighted by Crippen LogP contribution is -1.91. The topological polar surface area (TPSA) is 30.7 Å². The van der Waals surface area contributed by atoms with Gasteiger partial charge >= 0.3 is 0 Å². The predicted molar refractivity (Wildman–Crippen MR) is 57.3 cm³/mol. The summed E-state index contributed by atoms with van der Waals surface area (Å²) in [5.41, 5.74) is 4.44. The fourth-order valence-electron chi connectivity index (χ4n) is 1.71. The van der Waals surface area contributed by atoms with E-state index in [4.69, 9.17) is 0 Å². The van der Waals surface area contributed by atoms with E-state index in [9.17, 15) is 0 Å². The normalized spacial score (nSPS) is 11.5. The largest absolute Gasteiger partial charge is 0.349 e. The third-order valence-corrected chi connectivity index (χ3v) is 2.50. The van der Waals surface area contributed by atoms with Gasteiger partial charge in [0.1, 0.15) is 5.52 Å². The van der Waals surface area contributed by atoms with Crippen molar-refractivity contribution in [1.29, 1.82) is 0 Å². The predicted octanol–water partition coefficient (Wildman–Crippen LogP) is 2.40. The Hall–Kier alpha value is -1.38. The molecule has 2 rings (SSSR count). The molecule has 0 fully saturated rings. The lowest BCUT2D eigenvalue weighted by Gasteiger charge is -2.00. The second kappa shape index (κ2) is 3.08. The van der Waals surface area contributed by atoms with Crippen molar-refractivity contribution in [2.24, 2.45) is 7.05 Å². The first kappa shape index (κ1) is 9.19. The maximum absolute atomic E-state index is 4.25. The van der Waals surface area contributed by atoms with E-state index in [0.717, 1.165) is 11.2 Å². The van der Waals surface area contributed by atoms with Gasteiger partial charge in [0.05, 0.1) is 11.2 Å². The van der Waals surface area contributed by atoms with Crippen molar-refractivity contribution in [1.82, 2.24) is 14.8 Å². The standard InChI is InChI=1S/C11H15N3/c1-7(2)9-6-14(4)10-5-8(3)12-13-11(9)10/h5-7H,1-4H3. The Morgan fingerprint density at radius 1 is 1.29 bits per heavy atom. The summed E-state index contributed by atoms with van der Waals surface area (Å²) < 4.78 is 2.12. The highest BCUT2D eigenvalue weighted by atomic mass is 15.1. The fraction of sp³-hybridized carbons (Fsp3) is 0.455. The molecule has 2 aromatic rings. The zero-order valence-corrected chi connectivity index (χ0v) is 9.07. The maximum atomic E-state index is 4.25. The molecular formula is C11H15N3. The van der Waals surface area contributed by atoms with Crippen LogP contribution in [0.5, 0.6) is 0 Å². The minimum Gasteiger partial charge on any atom is -0.349 e. The average Bonchev–Trinajstić information content (AvgIpc) is 2.44. The molecule has 0 spiro atoms. The van der Waals surface area contributed by atoms with Crippen LogP contribution in [0.1, 0.15) is 31.0 Å². The van der Waals surface area contributed by atoms with Gasteiger partial charge in [-0.2, -0.15) is 5.10 Å². The molecule has 0 saturated heterocycles. The molecule has 14 heavy (non-hydrogen) atoms. The highest BCUT2D eigenvalue weighted by Gasteiger charge is 2.11. The third-order valence-electron chi connectivity index (χ3n) is 2.50. The number of hydrogen-bond acceptors (Lipinski definition) is 2. The highest BCUT2D eigenvalue weighted by molar-refractivity contribution is 5.79. The van der Waals surface area contributed by atoms with Gasteiger partial charge in [-0.05, 0) is 18.9 Å². The van der Waals surface area contributed by atoms with Crippen molar-refractivity contribution in [2.45, 2.75) is 26.7 Å². The van der Waals surface area contributed by atoms with E-state index in [0.29, 0.717) is 5.92 Å². The molecule has 74 valence electrons. The van der Waals surface area contributed by atoms with Gasteiger partial charge in [0.15, 0.2) is 0 Å². The molecule has 3 heteroatoms. The maximum Gasteiger partial charge on any atom is 0.114 e. The summed E-state index contributed by atoms with van der Waals surface area (Å²) in [6.07, 6.45) is 2.14. The Labute approximate surface area is 83.8 Å². The number of aryl methyl sites for hydroxylation is 2. The summed E-state index contributed by atoms with van der Waals surface area (Å²) in [7, 11) is 2.05. The SMILES string of the molecule is Cc1cc2c(nn1)c(C(C)C)cn2C. The van der Waals surface area contributed by atoms with Crippen LogP contribution in [0.15, 0.2) is 12.3 Å². The molecule has 0 aliphatic heterocycles. The van der Waals surface area contributed by atoms with Gasteiger partial charge in [0, 0.05) is 18.8 Å². The number of fused-ring (bicyclic) bond motifs is 1. The molecule has 0 unspecified atom stereocenters. The van der Waals surface area contributed by atoms with E-state index in [1.165, 1.54) is 11.1 Å². The lowest BCUT2D eigenvalue weighted by molar-refractivity contribution is 0.854. The van der Waals surface area contributed by atoms with Crippen LogP contribution >= 0.6 is 0 Å². The summed E-state index contributed by atoms with van der Waals surface area (Å²) in [6.45, 7) is 6.32. The van der Waals surface area contributed by atoms with Crippen LogP contribution in [0.2, 0.25) is 0 Å². The molecule has 0 radical (unpaired) electrons. The quantitative estimate of drug-likeness (QED) is 0.689. The lowest BCUT2D eigenvalue weighted by atomic mass is 10.1. The molecular weight excluding hydrogens is 174 g/mol. The third kappa shape index (κ3) is 1.29. The van der Waals surface area contributed by atoms with Crippen molar-refractivity contribution in [3.8, 4) is 0 Å². The van der Waals surface area contributed by atoms with Gasteiger partial charge in [0.2, 0.25) is 0 Å². The van der Waals surface area contributed by atoms with E-state index in [1.807, 2.05) is 6.92 Å². The summed E-state index contributed by atoms with van der Waals surface area (Å²) in [4.78, 5) is 0. The second-order valence-electron chi connectivity index (χ2n) is 4.07. The van der Waals surface area contributed by atoms with Crippen molar-refractivity contribution in [3.63, 3.8) is 0 Å². The van der Waals surface area contributed by atoms with E-state index < -0.39 is 0 Å². The fourth-order valence-corrected chi connectivity index (χ4v) is 1.71. The van der Waals surface area contributed by atoms with Crippen LogP contribution in [0.4, 0.5) is 0 Å². The summed E-state index contributed by atoms with van der Waals surface area (Å²) in [5.74, 6) is 0.496. The number of nitrogens with zero attached hydrogens (tertiary/aromatic N) is 3. The van der Waals surface area contributed by atoms with E-state index in [-0.39, 0.29) is 0 Å². The Balaban J connectivity index is 2.77. The Bertz CT molecular complexity index is 469.